The van der Waals surface area contributed by atoms with Gasteiger partial charge >= 0.3 is 0 Å². The van der Waals surface area contributed by atoms with Gasteiger partial charge in [-0.25, -0.2) is 4.98 Å². The Kier molecular flexibility index (Phi) is 8.04. The summed E-state index contributed by atoms with van der Waals surface area (Å²) in [6, 6.07) is 12.8. The van der Waals surface area contributed by atoms with Gasteiger partial charge in [-0.05, 0) is 61.8 Å². The predicted molar refractivity (Wildman–Crippen MR) is 136 cm³/mol. The lowest BCUT2D eigenvalue weighted by atomic mass is 10.0. The summed E-state index contributed by atoms with van der Waals surface area (Å²) in [5.74, 6) is 0. The van der Waals surface area contributed by atoms with E-state index in [9.17, 15) is 0 Å². The zero-order chi connectivity index (χ0) is 23.1. The summed E-state index contributed by atoms with van der Waals surface area (Å²) < 4.78 is 0. The Balaban J connectivity index is 2.01. The second-order valence-electron chi connectivity index (χ2n) is 7.95. The third kappa shape index (κ3) is 5.18. The van der Waals surface area contributed by atoms with Crippen molar-refractivity contribution in [2.75, 3.05) is 0 Å². The van der Waals surface area contributed by atoms with Crippen LogP contribution in [0.4, 0.5) is 11.4 Å². The number of benzene rings is 2. The Morgan fingerprint density at radius 3 is 1.28 bits per heavy atom. The summed E-state index contributed by atoms with van der Waals surface area (Å²) in [7, 11) is 0. The SMILES string of the molecule is CCc1cccc(CC)c1/N=C(\C)c1cncc(/C(C)=N/c2c(CC)cccc2CC)n1. The number of rotatable bonds is 8. The maximum Gasteiger partial charge on any atom is 0.103 e. The van der Waals surface area contributed by atoms with E-state index in [4.69, 9.17) is 15.0 Å². The van der Waals surface area contributed by atoms with Crippen molar-refractivity contribution < 1.29 is 0 Å². The highest BCUT2D eigenvalue weighted by atomic mass is 14.9. The Hall–Kier alpha value is -3.14. The third-order valence-electron chi connectivity index (χ3n) is 5.86. The molecule has 0 atom stereocenters. The maximum absolute atomic E-state index is 4.98. The number of aryl methyl sites for hydroxylation is 4. The van der Waals surface area contributed by atoms with Crippen molar-refractivity contribution in [3.05, 3.63) is 82.4 Å². The van der Waals surface area contributed by atoms with Gasteiger partial charge in [0.05, 0.1) is 35.2 Å². The first kappa shape index (κ1) is 23.5. The normalized spacial score (nSPS) is 12.3. The zero-order valence-corrected chi connectivity index (χ0v) is 20.2. The first-order chi connectivity index (χ1) is 15.5. The topological polar surface area (TPSA) is 50.5 Å². The first-order valence-corrected chi connectivity index (χ1v) is 11.7. The summed E-state index contributed by atoms with van der Waals surface area (Å²) in [5, 5.41) is 0. The smallest absolute Gasteiger partial charge is 0.103 e. The minimum atomic E-state index is 0.782. The van der Waals surface area contributed by atoms with Gasteiger partial charge in [0.25, 0.3) is 0 Å². The minimum Gasteiger partial charge on any atom is -0.260 e. The van der Waals surface area contributed by atoms with E-state index in [1.165, 1.54) is 22.3 Å². The molecule has 0 N–H and O–H groups in total. The van der Waals surface area contributed by atoms with Crippen LogP contribution in [0.3, 0.4) is 0 Å². The monoisotopic (exact) mass is 426 g/mol. The van der Waals surface area contributed by atoms with Crippen LogP contribution in [-0.2, 0) is 25.7 Å². The summed E-state index contributed by atoms with van der Waals surface area (Å²) in [6.45, 7) is 12.7. The summed E-state index contributed by atoms with van der Waals surface area (Å²) in [4.78, 5) is 19.3. The molecule has 4 nitrogen and oxygen atoms in total. The molecule has 2 aromatic carbocycles. The lowest BCUT2D eigenvalue weighted by Gasteiger charge is -2.11. The van der Waals surface area contributed by atoms with Crippen molar-refractivity contribution >= 4 is 22.8 Å². The predicted octanol–water partition coefficient (Wildman–Crippen LogP) is 7.01. The molecule has 3 rings (SSSR count). The molecule has 0 aliphatic rings. The lowest BCUT2D eigenvalue weighted by Crippen LogP contribution is -2.07. The van der Waals surface area contributed by atoms with Crippen LogP contribution >= 0.6 is 0 Å². The van der Waals surface area contributed by atoms with Crippen LogP contribution in [0, 0.1) is 0 Å². The Morgan fingerprint density at radius 1 is 0.625 bits per heavy atom. The molecule has 0 fully saturated rings. The number of para-hydroxylation sites is 2. The van der Waals surface area contributed by atoms with Crippen molar-refractivity contribution in [3.63, 3.8) is 0 Å². The Morgan fingerprint density at radius 2 is 0.969 bits per heavy atom. The largest absolute Gasteiger partial charge is 0.260 e. The van der Waals surface area contributed by atoms with Crippen molar-refractivity contribution in [2.24, 2.45) is 9.98 Å². The molecule has 0 unspecified atom stereocenters. The van der Waals surface area contributed by atoms with Gasteiger partial charge in [-0.2, -0.15) is 0 Å². The van der Waals surface area contributed by atoms with Crippen molar-refractivity contribution in [1.82, 2.24) is 9.97 Å². The van der Waals surface area contributed by atoms with Gasteiger partial charge in [0.15, 0.2) is 0 Å². The molecule has 32 heavy (non-hydrogen) atoms. The molecule has 0 radical (unpaired) electrons. The second-order valence-corrected chi connectivity index (χ2v) is 7.95. The molecule has 1 aromatic heterocycles. The van der Waals surface area contributed by atoms with E-state index in [2.05, 4.69) is 69.1 Å². The minimum absolute atomic E-state index is 0.782. The standard InChI is InChI=1S/C28H34N4/c1-7-21-13-11-14-22(8-2)27(21)30-19(5)25-17-29-18-26(32-25)20(6)31-28-23(9-3)15-12-16-24(28)10-4/h11-18H,7-10H2,1-6H3/b30-19+,31-20+. The average Bonchev–Trinajstić information content (AvgIpc) is 2.84. The van der Waals surface area contributed by atoms with Gasteiger partial charge in [-0.3, -0.25) is 15.0 Å². The molecular formula is C28H34N4. The van der Waals surface area contributed by atoms with Gasteiger partial charge in [0, 0.05) is 0 Å². The van der Waals surface area contributed by atoms with Crippen LogP contribution in [0.5, 0.6) is 0 Å². The molecule has 166 valence electrons. The molecule has 4 heteroatoms. The molecule has 0 aliphatic heterocycles. The second kappa shape index (κ2) is 10.9. The van der Waals surface area contributed by atoms with Crippen LogP contribution in [0.1, 0.15) is 75.2 Å². The molecule has 0 spiro atoms. The fourth-order valence-electron chi connectivity index (χ4n) is 3.88. The van der Waals surface area contributed by atoms with Gasteiger partial charge in [-0.1, -0.05) is 64.1 Å². The Bertz CT molecular complexity index is 1010. The van der Waals surface area contributed by atoms with E-state index in [1.54, 1.807) is 12.4 Å². The summed E-state index contributed by atoms with van der Waals surface area (Å²) >= 11 is 0. The van der Waals surface area contributed by atoms with E-state index in [0.29, 0.717) is 0 Å². The van der Waals surface area contributed by atoms with Crippen molar-refractivity contribution in [3.8, 4) is 0 Å². The van der Waals surface area contributed by atoms with Crippen LogP contribution in [0.2, 0.25) is 0 Å². The summed E-state index contributed by atoms with van der Waals surface area (Å²) in [6.07, 6.45) is 7.38. The highest BCUT2D eigenvalue weighted by Crippen LogP contribution is 2.28. The molecule has 0 bridgehead atoms. The van der Waals surface area contributed by atoms with Gasteiger partial charge in [-0.15, -0.1) is 0 Å². The van der Waals surface area contributed by atoms with Gasteiger partial charge < -0.3 is 0 Å². The Labute approximate surface area is 192 Å². The number of aromatic nitrogens is 2. The van der Waals surface area contributed by atoms with Crippen molar-refractivity contribution in [1.29, 1.82) is 0 Å². The molecular weight excluding hydrogens is 392 g/mol. The van der Waals surface area contributed by atoms with Crippen LogP contribution in [0.25, 0.3) is 0 Å². The third-order valence-corrected chi connectivity index (χ3v) is 5.86. The fourth-order valence-corrected chi connectivity index (χ4v) is 3.88. The maximum atomic E-state index is 4.98. The summed E-state index contributed by atoms with van der Waals surface area (Å²) in [5.41, 5.74) is 10.5. The fraction of sp³-hybridized carbons (Fsp3) is 0.357. The molecule has 0 amide bonds. The highest BCUT2D eigenvalue weighted by Gasteiger charge is 2.11. The van der Waals surface area contributed by atoms with E-state index in [1.807, 2.05) is 13.8 Å². The van der Waals surface area contributed by atoms with Gasteiger partial charge in [0.2, 0.25) is 0 Å². The van der Waals surface area contributed by atoms with Crippen molar-refractivity contribution in [2.45, 2.75) is 67.2 Å². The number of hydrogen-bond acceptors (Lipinski definition) is 4. The number of aliphatic imine (C=N–C) groups is 2. The van der Waals surface area contributed by atoms with Crippen LogP contribution < -0.4 is 0 Å². The number of hydrogen-bond donors (Lipinski definition) is 0. The molecule has 1 heterocycles. The highest BCUT2D eigenvalue weighted by molar-refractivity contribution is 6.02. The van der Waals surface area contributed by atoms with Crippen LogP contribution in [0.15, 0.2) is 58.8 Å². The molecule has 0 saturated carbocycles. The van der Waals surface area contributed by atoms with E-state index in [-0.39, 0.29) is 0 Å². The van der Waals surface area contributed by atoms with Gasteiger partial charge in [0.1, 0.15) is 11.4 Å². The van der Waals surface area contributed by atoms with Crippen LogP contribution in [-0.4, -0.2) is 21.4 Å². The molecule has 0 saturated heterocycles. The first-order valence-electron chi connectivity index (χ1n) is 11.7. The molecule has 0 aliphatic carbocycles. The van der Waals surface area contributed by atoms with E-state index < -0.39 is 0 Å². The number of nitrogens with zero attached hydrogens (tertiary/aromatic N) is 4. The quantitative estimate of drug-likeness (QED) is 0.364. The average molecular weight is 427 g/mol. The molecule has 3 aromatic rings. The lowest BCUT2D eigenvalue weighted by molar-refractivity contribution is 1.07. The van der Waals surface area contributed by atoms with E-state index >= 15 is 0 Å². The van der Waals surface area contributed by atoms with E-state index in [0.717, 1.165) is 59.9 Å². The zero-order valence-electron chi connectivity index (χ0n) is 20.2.